The van der Waals surface area contributed by atoms with E-state index in [1.54, 1.807) is 0 Å². The molecule has 28 valence electrons. The topological polar surface area (TPSA) is 0 Å². The van der Waals surface area contributed by atoms with Crippen molar-refractivity contribution in [3.63, 3.8) is 0 Å². The zero-order chi connectivity index (χ0) is 0. The molecule has 0 heterocycles. The van der Waals surface area contributed by atoms with Crippen LogP contribution in [0, 0.1) is 0 Å². The van der Waals surface area contributed by atoms with Crippen LogP contribution in [0.4, 0.5) is 0 Å². The first-order valence-corrected chi connectivity index (χ1v) is 0. The van der Waals surface area contributed by atoms with Crippen LogP contribution in [0.2, 0.25) is 0 Å². The maximum Gasteiger partial charge on any atom is 0.316 e. The number of rotatable bonds is 0. The molecule has 0 unspecified atom stereocenters. The molecule has 0 N–H and O–H groups in total. The molecule has 0 nitrogen and oxygen atoms in total. The number of hydrogen-bond acceptors (Lipinski definition) is 0. The van der Waals surface area contributed by atoms with Crippen molar-refractivity contribution >= 4 is 40.4 Å². The van der Waals surface area contributed by atoms with Crippen molar-refractivity contribution in [2.24, 2.45) is 0 Å². The summed E-state index contributed by atoms with van der Waals surface area (Å²) >= 11 is 0. The average Bonchev–Trinajstić information content (AvgIpc) is 0. The predicted octanol–water partition coefficient (Wildman–Crippen LogP) is -1.30. The molecule has 0 aliphatic carbocycles. The fourth-order valence-corrected chi connectivity index (χ4v) is 0. The van der Waals surface area contributed by atoms with Gasteiger partial charge in [0.1, 0.15) is 0 Å². The van der Waals surface area contributed by atoms with Crippen LogP contribution < -0.4 is 0 Å². The fraction of sp³-hybridized carbons (Fsp3) is 0. The van der Waals surface area contributed by atoms with Crippen molar-refractivity contribution in [1.82, 2.24) is 0 Å². The van der Waals surface area contributed by atoms with E-state index >= 15 is 0 Å². The Morgan fingerprint density at radius 2 is 1.00 bits per heavy atom. The molecular formula is H2AlCuMgNi. The van der Waals surface area contributed by atoms with E-state index in [0.29, 0.717) is 0 Å². The summed E-state index contributed by atoms with van der Waals surface area (Å²) in [6.07, 6.45) is 0. The molecule has 4 heavy (non-hydrogen) atoms. The summed E-state index contributed by atoms with van der Waals surface area (Å²) in [4.78, 5) is 0. The van der Waals surface area contributed by atoms with Crippen LogP contribution in [0.1, 0.15) is 0 Å². The molecule has 0 bridgehead atoms. The molecule has 4 radical (unpaired) electrons. The first-order valence-electron chi connectivity index (χ1n) is 0. The van der Waals surface area contributed by atoms with Crippen LogP contribution >= 0.6 is 0 Å². The second-order valence-corrected chi connectivity index (χ2v) is 0. The summed E-state index contributed by atoms with van der Waals surface area (Å²) in [7, 11) is 0. The minimum absolute atomic E-state index is 0. The third-order valence-electron chi connectivity index (χ3n) is 0. The third kappa shape index (κ3) is 8.85. The van der Waals surface area contributed by atoms with E-state index in [2.05, 4.69) is 0 Å². The van der Waals surface area contributed by atoms with Crippen molar-refractivity contribution in [2.75, 3.05) is 0 Å². The van der Waals surface area contributed by atoms with Crippen LogP contribution in [-0.4, -0.2) is 40.4 Å². The van der Waals surface area contributed by atoms with E-state index in [1.165, 1.54) is 0 Å². The summed E-state index contributed by atoms with van der Waals surface area (Å²) < 4.78 is 0. The van der Waals surface area contributed by atoms with E-state index in [-0.39, 0.29) is 74.0 Å². The van der Waals surface area contributed by atoms with Gasteiger partial charge in [0.25, 0.3) is 0 Å². The molecule has 0 saturated carbocycles. The molecule has 4 heteroatoms. The fourth-order valence-electron chi connectivity index (χ4n) is 0. The normalized spacial score (nSPS) is 0. The van der Waals surface area contributed by atoms with E-state index in [9.17, 15) is 0 Å². The molecule has 0 saturated heterocycles. The van der Waals surface area contributed by atoms with Gasteiger partial charge >= 0.3 is 23.1 Å². The van der Waals surface area contributed by atoms with Gasteiger partial charge in [-0.3, -0.25) is 0 Å². The number of hydrogen-bond donors (Lipinski definition) is 0. The second-order valence-electron chi connectivity index (χ2n) is 0. The van der Waals surface area contributed by atoms with Crippen LogP contribution in [0.15, 0.2) is 0 Å². The Balaban J connectivity index is 0. The van der Waals surface area contributed by atoms with Crippen molar-refractivity contribution in [3.8, 4) is 0 Å². The summed E-state index contributed by atoms with van der Waals surface area (Å²) in [5.74, 6) is 0. The van der Waals surface area contributed by atoms with Gasteiger partial charge in [0.15, 0.2) is 0 Å². The van der Waals surface area contributed by atoms with Crippen LogP contribution in [-0.2, 0) is 33.6 Å². The van der Waals surface area contributed by atoms with Gasteiger partial charge in [0, 0.05) is 50.9 Å². The molecule has 0 spiro atoms. The first-order chi connectivity index (χ1) is 0. The minimum atomic E-state index is 0. The van der Waals surface area contributed by atoms with Gasteiger partial charge in [0.2, 0.25) is 0 Å². The van der Waals surface area contributed by atoms with Gasteiger partial charge in [0.05, 0.1) is 0 Å². The van der Waals surface area contributed by atoms with Gasteiger partial charge in [-0.1, -0.05) is 0 Å². The molecule has 0 aromatic rings. The maximum absolute atomic E-state index is 0. The molecule has 0 aromatic heterocycles. The van der Waals surface area contributed by atoms with Crippen LogP contribution in [0.25, 0.3) is 0 Å². The van der Waals surface area contributed by atoms with Crippen molar-refractivity contribution in [3.05, 3.63) is 0 Å². The van der Waals surface area contributed by atoms with Gasteiger partial charge in [-0.15, -0.1) is 0 Å². The van der Waals surface area contributed by atoms with Gasteiger partial charge < -0.3 is 0 Å². The SMILES string of the molecule is [Al].[Cu].[MgH2].[Ni]. The zero-order valence-corrected chi connectivity index (χ0v) is 4.28. The standard InChI is InChI=1S/Al.Cu.Mg.Ni.2H. The van der Waals surface area contributed by atoms with Crippen molar-refractivity contribution in [2.45, 2.75) is 0 Å². The molecule has 0 aromatic carbocycles. The summed E-state index contributed by atoms with van der Waals surface area (Å²) in [6, 6.07) is 0. The Morgan fingerprint density at radius 3 is 1.00 bits per heavy atom. The average molecular weight is 176 g/mol. The Labute approximate surface area is 73.2 Å². The molecule has 0 fully saturated rings. The summed E-state index contributed by atoms with van der Waals surface area (Å²) in [5, 5.41) is 0. The predicted molar refractivity (Wildman–Crippen MR) is 14.3 cm³/mol. The van der Waals surface area contributed by atoms with E-state index in [0.717, 1.165) is 0 Å². The minimum Gasteiger partial charge on any atom is 0 e. The quantitative estimate of drug-likeness (QED) is 0.402. The van der Waals surface area contributed by atoms with E-state index in [4.69, 9.17) is 0 Å². The maximum atomic E-state index is 0. The van der Waals surface area contributed by atoms with Gasteiger partial charge in [-0.25, -0.2) is 0 Å². The molecule has 0 amide bonds. The Kier molecular flexibility index (Phi) is 154. The first kappa shape index (κ1) is 33.3. The smallest absolute Gasteiger partial charge is 0 e. The van der Waals surface area contributed by atoms with Crippen molar-refractivity contribution in [1.29, 1.82) is 0 Å². The largest absolute Gasteiger partial charge is 0.316 e. The van der Waals surface area contributed by atoms with Crippen LogP contribution in [0.3, 0.4) is 0 Å². The summed E-state index contributed by atoms with van der Waals surface area (Å²) in [6.45, 7) is 0. The Morgan fingerprint density at radius 1 is 1.00 bits per heavy atom. The third-order valence-corrected chi connectivity index (χ3v) is 0. The van der Waals surface area contributed by atoms with Gasteiger partial charge in [-0.2, -0.15) is 0 Å². The monoisotopic (exact) mass is 174 g/mol. The van der Waals surface area contributed by atoms with Gasteiger partial charge in [-0.05, 0) is 0 Å². The Bertz CT molecular complexity index is 8.00. The van der Waals surface area contributed by atoms with Crippen LogP contribution in [0.5, 0.6) is 0 Å². The van der Waals surface area contributed by atoms with E-state index < -0.39 is 0 Å². The zero-order valence-electron chi connectivity index (χ0n) is 1.20. The molecule has 0 rings (SSSR count). The molecular weight excluding hydrogens is 174 g/mol. The summed E-state index contributed by atoms with van der Waals surface area (Å²) in [5.41, 5.74) is 0. The molecule has 0 aliphatic heterocycles. The molecule has 0 atom stereocenters. The van der Waals surface area contributed by atoms with Crippen molar-refractivity contribution < 1.29 is 33.6 Å². The van der Waals surface area contributed by atoms with E-state index in [1.807, 2.05) is 0 Å². The molecule has 0 aliphatic rings. The second kappa shape index (κ2) is 18.5. The Hall–Kier alpha value is 2.31.